The molecule has 0 saturated carbocycles. The van der Waals surface area contributed by atoms with E-state index in [1.165, 1.54) is 26.2 Å². The van der Waals surface area contributed by atoms with Gasteiger partial charge in [-0.2, -0.15) is 0 Å². The Morgan fingerprint density at radius 2 is 2.14 bits per heavy atom. The molecule has 0 N–H and O–H groups in total. The van der Waals surface area contributed by atoms with E-state index in [0.717, 1.165) is 5.56 Å². The third kappa shape index (κ3) is 1.92. The number of carbonyl (C=O) groups excluding carboxylic acids is 1. The van der Waals surface area contributed by atoms with Gasteiger partial charge in [0.1, 0.15) is 11.6 Å². The minimum atomic E-state index is -0.441. The molecular weight excluding hydrogens is 183 g/mol. The largest absolute Gasteiger partial charge is 0.496 e. The van der Waals surface area contributed by atoms with Gasteiger partial charge in [0.15, 0.2) is 5.78 Å². The zero-order valence-electron chi connectivity index (χ0n) is 8.56. The molecule has 0 aliphatic carbocycles. The number of benzene rings is 1. The van der Waals surface area contributed by atoms with E-state index < -0.39 is 5.82 Å². The highest BCUT2D eigenvalue weighted by Crippen LogP contribution is 2.25. The molecule has 0 fully saturated rings. The minimum absolute atomic E-state index is 0.139. The SMILES string of the molecule is CCc1c(OC)cc(F)cc1C(C)=O. The molecule has 1 rings (SSSR count). The van der Waals surface area contributed by atoms with Crippen LogP contribution in [0.2, 0.25) is 0 Å². The molecule has 0 saturated heterocycles. The number of ether oxygens (including phenoxy) is 1. The number of halogens is 1. The van der Waals surface area contributed by atoms with Gasteiger partial charge >= 0.3 is 0 Å². The van der Waals surface area contributed by atoms with Gasteiger partial charge in [0.05, 0.1) is 7.11 Å². The maximum Gasteiger partial charge on any atom is 0.160 e. The maximum absolute atomic E-state index is 13.1. The minimum Gasteiger partial charge on any atom is -0.496 e. The Hall–Kier alpha value is -1.38. The van der Waals surface area contributed by atoms with Crippen molar-refractivity contribution >= 4 is 5.78 Å². The molecule has 1 aromatic rings. The van der Waals surface area contributed by atoms with E-state index in [0.29, 0.717) is 17.7 Å². The monoisotopic (exact) mass is 196 g/mol. The Labute approximate surface area is 82.7 Å². The number of methoxy groups -OCH3 is 1. The summed E-state index contributed by atoms with van der Waals surface area (Å²) in [5, 5.41) is 0. The fourth-order valence-electron chi connectivity index (χ4n) is 1.47. The summed E-state index contributed by atoms with van der Waals surface area (Å²) in [7, 11) is 1.47. The van der Waals surface area contributed by atoms with Crippen LogP contribution in [0.1, 0.15) is 29.8 Å². The molecule has 0 aliphatic heterocycles. The second-order valence-electron chi connectivity index (χ2n) is 3.04. The molecule has 76 valence electrons. The van der Waals surface area contributed by atoms with Crippen molar-refractivity contribution in [2.45, 2.75) is 20.3 Å². The van der Waals surface area contributed by atoms with Crippen molar-refractivity contribution in [2.24, 2.45) is 0 Å². The van der Waals surface area contributed by atoms with E-state index >= 15 is 0 Å². The van der Waals surface area contributed by atoms with Gasteiger partial charge in [0.2, 0.25) is 0 Å². The Morgan fingerprint density at radius 1 is 1.50 bits per heavy atom. The predicted octanol–water partition coefficient (Wildman–Crippen LogP) is 2.60. The topological polar surface area (TPSA) is 26.3 Å². The molecule has 14 heavy (non-hydrogen) atoms. The summed E-state index contributed by atoms with van der Waals surface area (Å²) in [6.45, 7) is 3.33. The molecule has 0 radical (unpaired) electrons. The molecule has 0 bridgehead atoms. The van der Waals surface area contributed by atoms with Crippen molar-refractivity contribution in [1.82, 2.24) is 0 Å². The second kappa shape index (κ2) is 4.22. The smallest absolute Gasteiger partial charge is 0.160 e. The van der Waals surface area contributed by atoms with Crippen molar-refractivity contribution in [1.29, 1.82) is 0 Å². The summed E-state index contributed by atoms with van der Waals surface area (Å²) in [5.74, 6) is -0.137. The zero-order chi connectivity index (χ0) is 10.7. The summed E-state index contributed by atoms with van der Waals surface area (Å²) < 4.78 is 18.1. The number of rotatable bonds is 3. The van der Waals surface area contributed by atoms with Crippen LogP contribution in [0, 0.1) is 5.82 Å². The average molecular weight is 196 g/mol. The first-order valence-electron chi connectivity index (χ1n) is 4.47. The van der Waals surface area contributed by atoms with Gasteiger partial charge in [-0.25, -0.2) is 4.39 Å². The molecule has 0 heterocycles. The van der Waals surface area contributed by atoms with Crippen LogP contribution in [0.15, 0.2) is 12.1 Å². The highest BCUT2D eigenvalue weighted by atomic mass is 19.1. The molecule has 3 heteroatoms. The van der Waals surface area contributed by atoms with Crippen molar-refractivity contribution in [3.8, 4) is 5.75 Å². The van der Waals surface area contributed by atoms with Crippen molar-refractivity contribution < 1.29 is 13.9 Å². The highest BCUT2D eigenvalue weighted by molar-refractivity contribution is 5.96. The fourth-order valence-corrected chi connectivity index (χ4v) is 1.47. The van der Waals surface area contributed by atoms with Crippen molar-refractivity contribution in [2.75, 3.05) is 7.11 Å². The highest BCUT2D eigenvalue weighted by Gasteiger charge is 2.13. The van der Waals surface area contributed by atoms with Gasteiger partial charge in [-0.3, -0.25) is 4.79 Å². The fraction of sp³-hybridized carbons (Fsp3) is 0.364. The molecule has 0 amide bonds. The van der Waals surface area contributed by atoms with E-state index in [2.05, 4.69) is 0 Å². The first-order chi connectivity index (χ1) is 6.60. The summed E-state index contributed by atoms with van der Waals surface area (Å²) in [4.78, 5) is 11.2. The summed E-state index contributed by atoms with van der Waals surface area (Å²) in [6, 6.07) is 2.55. The van der Waals surface area contributed by atoms with Crippen LogP contribution in [0.4, 0.5) is 4.39 Å². The van der Waals surface area contributed by atoms with Crippen LogP contribution < -0.4 is 4.74 Å². The summed E-state index contributed by atoms with van der Waals surface area (Å²) in [5.41, 5.74) is 1.17. The molecule has 2 nitrogen and oxygen atoms in total. The zero-order valence-corrected chi connectivity index (χ0v) is 8.56. The summed E-state index contributed by atoms with van der Waals surface area (Å²) in [6.07, 6.45) is 0.651. The average Bonchev–Trinajstić information content (AvgIpc) is 2.16. The van der Waals surface area contributed by atoms with Crippen LogP contribution in [0.25, 0.3) is 0 Å². The van der Waals surface area contributed by atoms with Crippen LogP contribution >= 0.6 is 0 Å². The number of carbonyl (C=O) groups is 1. The molecule has 0 spiro atoms. The molecule has 0 aromatic heterocycles. The summed E-state index contributed by atoms with van der Waals surface area (Å²) >= 11 is 0. The van der Waals surface area contributed by atoms with E-state index in [-0.39, 0.29) is 5.78 Å². The van der Waals surface area contributed by atoms with Crippen LogP contribution in [-0.2, 0) is 6.42 Å². The predicted molar refractivity (Wildman–Crippen MR) is 52.3 cm³/mol. The molecule has 0 aliphatic rings. The second-order valence-corrected chi connectivity index (χ2v) is 3.04. The van der Waals surface area contributed by atoms with Crippen LogP contribution in [0.5, 0.6) is 5.75 Å². The lowest BCUT2D eigenvalue weighted by Gasteiger charge is -2.10. The van der Waals surface area contributed by atoms with Crippen molar-refractivity contribution in [3.05, 3.63) is 29.1 Å². The number of Topliss-reactive ketones (excluding diaryl/α,β-unsaturated/α-hetero) is 1. The van der Waals surface area contributed by atoms with Gasteiger partial charge in [0.25, 0.3) is 0 Å². The third-order valence-corrected chi connectivity index (χ3v) is 2.13. The van der Waals surface area contributed by atoms with E-state index in [4.69, 9.17) is 4.74 Å². The third-order valence-electron chi connectivity index (χ3n) is 2.13. The maximum atomic E-state index is 13.1. The lowest BCUT2D eigenvalue weighted by Crippen LogP contribution is -2.02. The van der Waals surface area contributed by atoms with E-state index in [9.17, 15) is 9.18 Å². The number of hydrogen-bond acceptors (Lipinski definition) is 2. The molecule has 0 unspecified atom stereocenters. The van der Waals surface area contributed by atoms with Gasteiger partial charge in [-0.15, -0.1) is 0 Å². The molecule has 1 aromatic carbocycles. The lowest BCUT2D eigenvalue weighted by molar-refractivity contribution is 0.101. The quantitative estimate of drug-likeness (QED) is 0.694. The Morgan fingerprint density at radius 3 is 2.57 bits per heavy atom. The van der Waals surface area contributed by atoms with Gasteiger partial charge in [0, 0.05) is 17.2 Å². The van der Waals surface area contributed by atoms with E-state index in [1.54, 1.807) is 0 Å². The number of hydrogen-bond donors (Lipinski definition) is 0. The first kappa shape index (κ1) is 10.7. The van der Waals surface area contributed by atoms with Gasteiger partial charge in [-0.1, -0.05) is 6.92 Å². The van der Waals surface area contributed by atoms with Gasteiger partial charge < -0.3 is 4.74 Å². The van der Waals surface area contributed by atoms with Crippen LogP contribution in [-0.4, -0.2) is 12.9 Å². The Kier molecular flexibility index (Phi) is 3.23. The van der Waals surface area contributed by atoms with Crippen molar-refractivity contribution in [3.63, 3.8) is 0 Å². The standard InChI is InChI=1S/C11H13FO2/c1-4-9-10(7(2)13)5-8(12)6-11(9)14-3/h5-6H,4H2,1-3H3. The normalized spacial score (nSPS) is 10.0. The molecule has 0 atom stereocenters. The lowest BCUT2D eigenvalue weighted by atomic mass is 10.0. The Bertz CT molecular complexity index is 359. The van der Waals surface area contributed by atoms with Gasteiger partial charge in [-0.05, 0) is 19.4 Å². The Balaban J connectivity index is 3.39. The molecular formula is C11H13FO2. The first-order valence-corrected chi connectivity index (χ1v) is 4.47. The number of ketones is 1. The van der Waals surface area contributed by atoms with Crippen LogP contribution in [0.3, 0.4) is 0 Å². The van der Waals surface area contributed by atoms with E-state index in [1.807, 2.05) is 6.92 Å².